The van der Waals surface area contributed by atoms with E-state index in [1.54, 1.807) is 23.1 Å². The fraction of sp³-hybridized carbons (Fsp3) is 0.333. The van der Waals surface area contributed by atoms with Crippen LogP contribution in [0.25, 0.3) is 0 Å². The molecule has 1 heterocycles. The molecule has 27 heavy (non-hydrogen) atoms. The van der Waals surface area contributed by atoms with Gasteiger partial charge in [-0.1, -0.05) is 24.3 Å². The molecular weight excluding hydrogens is 344 g/mol. The zero-order chi connectivity index (χ0) is 19.2. The van der Waals surface area contributed by atoms with Crippen LogP contribution in [0.3, 0.4) is 0 Å². The van der Waals surface area contributed by atoms with Crippen molar-refractivity contribution in [2.24, 2.45) is 0 Å². The van der Waals surface area contributed by atoms with Crippen LogP contribution >= 0.6 is 0 Å². The number of carbonyl (C=O) groups is 2. The highest BCUT2D eigenvalue weighted by atomic mass is 16.6. The van der Waals surface area contributed by atoms with Crippen LogP contribution in [-0.4, -0.2) is 36.5 Å². The van der Waals surface area contributed by atoms with Crippen LogP contribution in [-0.2, 0) is 16.1 Å². The average Bonchev–Trinajstić information content (AvgIpc) is 2.66. The summed E-state index contributed by atoms with van der Waals surface area (Å²) in [6, 6.07) is 13.3. The van der Waals surface area contributed by atoms with Crippen molar-refractivity contribution in [1.29, 1.82) is 0 Å². The largest absolute Gasteiger partial charge is 0.486 e. The van der Waals surface area contributed by atoms with E-state index < -0.39 is 0 Å². The first-order valence-corrected chi connectivity index (χ1v) is 9.02. The van der Waals surface area contributed by atoms with Crippen molar-refractivity contribution in [2.75, 3.05) is 25.1 Å². The number of aryl methyl sites for hydroxylation is 1. The van der Waals surface area contributed by atoms with Crippen LogP contribution in [0.4, 0.5) is 5.69 Å². The number of amides is 2. The highest BCUT2D eigenvalue weighted by Crippen LogP contribution is 2.32. The lowest BCUT2D eigenvalue weighted by atomic mass is 10.1. The number of hydrogen-bond donors (Lipinski definition) is 1. The Hall–Kier alpha value is -3.02. The van der Waals surface area contributed by atoms with Gasteiger partial charge in [-0.2, -0.15) is 0 Å². The van der Waals surface area contributed by atoms with Crippen molar-refractivity contribution in [3.63, 3.8) is 0 Å². The molecule has 0 bridgehead atoms. The maximum Gasteiger partial charge on any atom is 0.226 e. The second-order valence-electron chi connectivity index (χ2n) is 6.52. The molecule has 6 heteroatoms. The molecule has 0 spiro atoms. The van der Waals surface area contributed by atoms with E-state index in [1.165, 1.54) is 6.92 Å². The molecule has 3 rings (SSSR count). The van der Waals surface area contributed by atoms with Gasteiger partial charge < -0.3 is 19.7 Å². The van der Waals surface area contributed by atoms with Crippen LogP contribution < -0.4 is 14.8 Å². The van der Waals surface area contributed by atoms with Crippen LogP contribution in [0.15, 0.2) is 42.5 Å². The topological polar surface area (TPSA) is 67.9 Å². The Balaban J connectivity index is 1.56. The molecule has 2 aromatic carbocycles. The molecular formula is C21H24N2O4. The molecule has 0 unspecified atom stereocenters. The highest BCUT2D eigenvalue weighted by molar-refractivity contribution is 5.91. The van der Waals surface area contributed by atoms with Gasteiger partial charge in [0.1, 0.15) is 13.2 Å². The summed E-state index contributed by atoms with van der Waals surface area (Å²) in [5.74, 6) is 1.11. The van der Waals surface area contributed by atoms with E-state index in [2.05, 4.69) is 5.32 Å². The molecule has 1 aliphatic heterocycles. The molecule has 1 aliphatic rings. The summed E-state index contributed by atoms with van der Waals surface area (Å²) in [7, 11) is 0. The van der Waals surface area contributed by atoms with Gasteiger partial charge in [-0.15, -0.1) is 0 Å². The van der Waals surface area contributed by atoms with E-state index in [0.29, 0.717) is 43.5 Å². The summed E-state index contributed by atoms with van der Waals surface area (Å²) in [6.45, 7) is 5.43. The Bertz CT molecular complexity index is 835. The fourth-order valence-corrected chi connectivity index (χ4v) is 2.92. The number of carbonyl (C=O) groups excluding carboxylic acids is 2. The molecule has 142 valence electrons. The van der Waals surface area contributed by atoms with Crippen LogP contribution in [0, 0.1) is 6.92 Å². The molecule has 2 aromatic rings. The highest BCUT2D eigenvalue weighted by Gasteiger charge is 2.15. The van der Waals surface area contributed by atoms with Crippen molar-refractivity contribution in [1.82, 2.24) is 4.90 Å². The molecule has 0 radical (unpaired) electrons. The van der Waals surface area contributed by atoms with Crippen molar-refractivity contribution < 1.29 is 19.1 Å². The second-order valence-corrected chi connectivity index (χ2v) is 6.52. The summed E-state index contributed by atoms with van der Waals surface area (Å²) >= 11 is 0. The van der Waals surface area contributed by atoms with E-state index in [1.807, 2.05) is 31.2 Å². The number of fused-ring (bicyclic) bond motifs is 1. The van der Waals surface area contributed by atoms with Crippen LogP contribution in [0.1, 0.15) is 24.5 Å². The minimum Gasteiger partial charge on any atom is -0.486 e. The van der Waals surface area contributed by atoms with E-state index >= 15 is 0 Å². The summed E-state index contributed by atoms with van der Waals surface area (Å²) in [4.78, 5) is 25.9. The first-order chi connectivity index (χ1) is 13.0. The molecule has 0 fully saturated rings. The fourth-order valence-electron chi connectivity index (χ4n) is 2.92. The standard InChI is InChI=1S/C21H24N2O4/c1-15-5-3-4-6-17(15)14-23(16(2)24)10-9-21(25)22-18-7-8-19-20(13-18)27-12-11-26-19/h3-8,13H,9-12,14H2,1-2H3,(H,22,25). The Labute approximate surface area is 159 Å². The van der Waals surface area contributed by atoms with Gasteiger partial charge in [-0.3, -0.25) is 9.59 Å². The molecule has 0 aliphatic carbocycles. The normalized spacial score (nSPS) is 12.4. The Kier molecular flexibility index (Phi) is 5.96. The SMILES string of the molecule is CC(=O)N(CCC(=O)Nc1ccc2c(c1)OCCO2)Cc1ccccc1C. The second kappa shape index (κ2) is 8.58. The van der Waals surface area contributed by atoms with Gasteiger partial charge in [0.25, 0.3) is 0 Å². The van der Waals surface area contributed by atoms with Gasteiger partial charge in [0.15, 0.2) is 11.5 Å². The molecule has 0 atom stereocenters. The van der Waals surface area contributed by atoms with Crippen molar-refractivity contribution >= 4 is 17.5 Å². The number of ether oxygens (including phenoxy) is 2. The van der Waals surface area contributed by atoms with Crippen LogP contribution in [0.5, 0.6) is 11.5 Å². The number of nitrogens with zero attached hydrogens (tertiary/aromatic N) is 1. The minimum atomic E-state index is -0.150. The third-order valence-electron chi connectivity index (χ3n) is 4.50. The van der Waals surface area contributed by atoms with Crippen molar-refractivity contribution in [2.45, 2.75) is 26.8 Å². The van der Waals surface area contributed by atoms with E-state index in [9.17, 15) is 9.59 Å². The number of hydrogen-bond acceptors (Lipinski definition) is 4. The zero-order valence-electron chi connectivity index (χ0n) is 15.7. The van der Waals surface area contributed by atoms with E-state index in [4.69, 9.17) is 9.47 Å². The third-order valence-corrected chi connectivity index (χ3v) is 4.50. The molecule has 1 N–H and O–H groups in total. The quantitative estimate of drug-likeness (QED) is 0.851. The Morgan fingerprint density at radius 1 is 1.07 bits per heavy atom. The van der Waals surface area contributed by atoms with Gasteiger partial charge in [0.05, 0.1) is 0 Å². The minimum absolute atomic E-state index is 0.0506. The lowest BCUT2D eigenvalue weighted by molar-refractivity contribution is -0.129. The number of anilines is 1. The van der Waals surface area contributed by atoms with Crippen molar-refractivity contribution in [3.8, 4) is 11.5 Å². The predicted octanol–water partition coefficient (Wildman–Crippen LogP) is 3.14. The first kappa shape index (κ1) is 18.8. The number of benzene rings is 2. The Morgan fingerprint density at radius 2 is 1.81 bits per heavy atom. The molecule has 0 aromatic heterocycles. The molecule has 6 nitrogen and oxygen atoms in total. The first-order valence-electron chi connectivity index (χ1n) is 9.02. The summed E-state index contributed by atoms with van der Waals surface area (Å²) in [6.07, 6.45) is 0.222. The molecule has 0 saturated carbocycles. The summed E-state index contributed by atoms with van der Waals surface area (Å²) in [5.41, 5.74) is 2.86. The summed E-state index contributed by atoms with van der Waals surface area (Å²) < 4.78 is 11.0. The maximum atomic E-state index is 12.3. The molecule has 0 saturated heterocycles. The number of nitrogens with one attached hydrogen (secondary N) is 1. The van der Waals surface area contributed by atoms with Crippen molar-refractivity contribution in [3.05, 3.63) is 53.6 Å². The average molecular weight is 368 g/mol. The zero-order valence-corrected chi connectivity index (χ0v) is 15.7. The lowest BCUT2D eigenvalue weighted by Crippen LogP contribution is -2.31. The van der Waals surface area contributed by atoms with E-state index in [0.717, 1.165) is 11.1 Å². The van der Waals surface area contributed by atoms with Gasteiger partial charge in [0.2, 0.25) is 11.8 Å². The summed E-state index contributed by atoms with van der Waals surface area (Å²) in [5, 5.41) is 2.85. The maximum absolute atomic E-state index is 12.3. The smallest absolute Gasteiger partial charge is 0.226 e. The van der Waals surface area contributed by atoms with E-state index in [-0.39, 0.29) is 18.2 Å². The number of rotatable bonds is 6. The third kappa shape index (κ3) is 5.00. The lowest BCUT2D eigenvalue weighted by Gasteiger charge is -2.22. The predicted molar refractivity (Wildman–Crippen MR) is 103 cm³/mol. The monoisotopic (exact) mass is 368 g/mol. The van der Waals surface area contributed by atoms with Gasteiger partial charge >= 0.3 is 0 Å². The Morgan fingerprint density at radius 3 is 2.56 bits per heavy atom. The van der Waals surface area contributed by atoms with Gasteiger partial charge in [-0.05, 0) is 30.2 Å². The van der Waals surface area contributed by atoms with Gasteiger partial charge in [-0.25, -0.2) is 0 Å². The molecule has 2 amide bonds. The van der Waals surface area contributed by atoms with Gasteiger partial charge in [0, 0.05) is 38.2 Å². The van der Waals surface area contributed by atoms with Crippen LogP contribution in [0.2, 0.25) is 0 Å².